The summed E-state index contributed by atoms with van der Waals surface area (Å²) in [7, 11) is -3.49. The number of nitrogens with zero attached hydrogens (tertiary/aromatic N) is 1. The molecule has 0 aliphatic carbocycles. The Morgan fingerprint density at radius 3 is 2.47 bits per heavy atom. The van der Waals surface area contributed by atoms with Crippen LogP contribution in [0.5, 0.6) is 0 Å². The van der Waals surface area contributed by atoms with Crippen molar-refractivity contribution in [1.29, 1.82) is 0 Å². The van der Waals surface area contributed by atoms with E-state index >= 15 is 0 Å². The fourth-order valence-corrected chi connectivity index (χ4v) is 2.78. The van der Waals surface area contributed by atoms with Gasteiger partial charge in [-0.1, -0.05) is 25.0 Å². The summed E-state index contributed by atoms with van der Waals surface area (Å²) in [6.07, 6.45) is 2.61. The summed E-state index contributed by atoms with van der Waals surface area (Å²) >= 11 is 0. The van der Waals surface area contributed by atoms with Gasteiger partial charge < -0.3 is 5.11 Å². The molecule has 0 amide bonds. The number of unbranched alkanes of at least 4 members (excludes halogenated alkanes) is 1. The quantitative estimate of drug-likeness (QED) is 0.870. The number of sulfonamides is 1. The molecular weight excluding hydrogens is 266 g/mol. The zero-order valence-electron chi connectivity index (χ0n) is 11.4. The number of rotatable bonds is 6. The van der Waals surface area contributed by atoms with Crippen molar-refractivity contribution in [2.75, 3.05) is 17.1 Å². The van der Waals surface area contributed by atoms with Crippen molar-refractivity contribution in [2.24, 2.45) is 0 Å². The Kier molecular flexibility index (Phi) is 4.94. The molecule has 19 heavy (non-hydrogen) atoms. The van der Waals surface area contributed by atoms with Crippen molar-refractivity contribution < 1.29 is 18.3 Å². The molecule has 0 aliphatic heterocycles. The second-order valence-electron chi connectivity index (χ2n) is 4.51. The molecular formula is C13H19NO4S. The predicted octanol–water partition coefficient (Wildman–Crippen LogP) is 2.26. The SMILES string of the molecule is CCCCN(c1ccc(C)cc1C(=O)O)S(C)(=O)=O. The molecule has 0 saturated carbocycles. The monoisotopic (exact) mass is 285 g/mol. The van der Waals surface area contributed by atoms with Crippen LogP contribution in [0.15, 0.2) is 18.2 Å². The number of anilines is 1. The minimum Gasteiger partial charge on any atom is -0.478 e. The summed E-state index contributed by atoms with van der Waals surface area (Å²) < 4.78 is 24.8. The van der Waals surface area contributed by atoms with E-state index in [1.165, 1.54) is 10.4 Å². The molecule has 0 aromatic heterocycles. The summed E-state index contributed by atoms with van der Waals surface area (Å²) in [6.45, 7) is 4.01. The van der Waals surface area contributed by atoms with Crippen LogP contribution in [-0.4, -0.2) is 32.3 Å². The van der Waals surface area contributed by atoms with Crippen LogP contribution in [0.1, 0.15) is 35.7 Å². The van der Waals surface area contributed by atoms with Crippen LogP contribution in [0.2, 0.25) is 0 Å². The molecule has 0 aliphatic rings. The highest BCUT2D eigenvalue weighted by atomic mass is 32.2. The van der Waals surface area contributed by atoms with Gasteiger partial charge in [0, 0.05) is 6.54 Å². The smallest absolute Gasteiger partial charge is 0.337 e. The second-order valence-corrected chi connectivity index (χ2v) is 6.42. The van der Waals surface area contributed by atoms with Gasteiger partial charge in [0.2, 0.25) is 10.0 Å². The third-order valence-corrected chi connectivity index (χ3v) is 3.95. The van der Waals surface area contributed by atoms with Crippen LogP contribution in [-0.2, 0) is 10.0 Å². The lowest BCUT2D eigenvalue weighted by atomic mass is 10.1. The van der Waals surface area contributed by atoms with Crippen molar-refractivity contribution in [2.45, 2.75) is 26.7 Å². The lowest BCUT2D eigenvalue weighted by molar-refractivity contribution is 0.0697. The van der Waals surface area contributed by atoms with E-state index in [4.69, 9.17) is 0 Å². The molecule has 0 bridgehead atoms. The average Bonchev–Trinajstić information content (AvgIpc) is 2.29. The first-order chi connectivity index (χ1) is 8.77. The predicted molar refractivity (Wildman–Crippen MR) is 75.2 cm³/mol. The normalized spacial score (nSPS) is 11.3. The molecule has 0 spiro atoms. The van der Waals surface area contributed by atoms with Crippen LogP contribution < -0.4 is 4.31 Å². The number of carbonyl (C=O) groups is 1. The van der Waals surface area contributed by atoms with Gasteiger partial charge >= 0.3 is 5.97 Å². The van der Waals surface area contributed by atoms with Crippen molar-refractivity contribution >= 4 is 21.7 Å². The van der Waals surface area contributed by atoms with E-state index < -0.39 is 16.0 Å². The highest BCUT2D eigenvalue weighted by Gasteiger charge is 2.22. The average molecular weight is 285 g/mol. The van der Waals surface area contributed by atoms with E-state index in [2.05, 4.69) is 0 Å². The van der Waals surface area contributed by atoms with Gasteiger partial charge in [0.05, 0.1) is 17.5 Å². The van der Waals surface area contributed by atoms with E-state index in [0.29, 0.717) is 13.0 Å². The zero-order valence-corrected chi connectivity index (χ0v) is 12.2. The molecule has 0 unspecified atom stereocenters. The lowest BCUT2D eigenvalue weighted by Gasteiger charge is -2.24. The highest BCUT2D eigenvalue weighted by Crippen LogP contribution is 2.24. The van der Waals surface area contributed by atoms with E-state index in [1.54, 1.807) is 19.1 Å². The Morgan fingerprint density at radius 2 is 2.00 bits per heavy atom. The standard InChI is InChI=1S/C13H19NO4S/c1-4-5-8-14(19(3,17)18)12-7-6-10(2)9-11(12)13(15)16/h6-7,9H,4-5,8H2,1-3H3,(H,15,16). The van der Waals surface area contributed by atoms with Gasteiger partial charge in [0.15, 0.2) is 0 Å². The summed E-state index contributed by atoms with van der Waals surface area (Å²) in [5.74, 6) is -1.12. The zero-order chi connectivity index (χ0) is 14.6. The molecule has 106 valence electrons. The number of hydrogen-bond acceptors (Lipinski definition) is 3. The fourth-order valence-electron chi connectivity index (χ4n) is 1.81. The molecule has 0 fully saturated rings. The third kappa shape index (κ3) is 3.96. The van der Waals surface area contributed by atoms with Crippen molar-refractivity contribution in [3.8, 4) is 0 Å². The van der Waals surface area contributed by atoms with Crippen molar-refractivity contribution in [1.82, 2.24) is 0 Å². The first-order valence-electron chi connectivity index (χ1n) is 6.09. The van der Waals surface area contributed by atoms with Crippen LogP contribution in [0.25, 0.3) is 0 Å². The molecule has 5 nitrogen and oxygen atoms in total. The van der Waals surface area contributed by atoms with Crippen molar-refractivity contribution in [3.05, 3.63) is 29.3 Å². The Balaban J connectivity index is 3.34. The topological polar surface area (TPSA) is 74.7 Å². The maximum atomic E-state index is 11.8. The largest absolute Gasteiger partial charge is 0.478 e. The number of benzene rings is 1. The second kappa shape index (κ2) is 6.06. The van der Waals surface area contributed by atoms with Crippen LogP contribution in [0.4, 0.5) is 5.69 Å². The molecule has 6 heteroatoms. The van der Waals surface area contributed by atoms with Crippen molar-refractivity contribution in [3.63, 3.8) is 0 Å². The maximum Gasteiger partial charge on any atom is 0.337 e. The molecule has 0 heterocycles. The number of carboxylic acid groups (broad SMARTS) is 1. The van der Waals surface area contributed by atoms with Gasteiger partial charge in [-0.2, -0.15) is 0 Å². The van der Waals surface area contributed by atoms with Crippen LogP contribution in [0, 0.1) is 6.92 Å². The molecule has 1 aromatic rings. The number of aromatic carboxylic acids is 1. The molecule has 1 N–H and O–H groups in total. The summed E-state index contributed by atoms with van der Waals surface area (Å²) in [5.41, 5.74) is 1.03. The Morgan fingerprint density at radius 1 is 1.37 bits per heavy atom. The summed E-state index contributed by atoms with van der Waals surface area (Å²) in [6, 6.07) is 4.75. The van der Waals surface area contributed by atoms with Gasteiger partial charge in [0.1, 0.15) is 0 Å². The highest BCUT2D eigenvalue weighted by molar-refractivity contribution is 7.92. The number of aryl methyl sites for hydroxylation is 1. The van der Waals surface area contributed by atoms with Gasteiger partial charge in [-0.05, 0) is 25.5 Å². The first-order valence-corrected chi connectivity index (χ1v) is 7.94. The summed E-state index contributed by atoms with van der Waals surface area (Å²) in [4.78, 5) is 11.3. The molecule has 0 radical (unpaired) electrons. The Hall–Kier alpha value is -1.56. The lowest BCUT2D eigenvalue weighted by Crippen LogP contribution is -2.32. The van der Waals surface area contributed by atoms with E-state index in [0.717, 1.165) is 18.2 Å². The number of hydrogen-bond donors (Lipinski definition) is 1. The Labute approximate surface area is 113 Å². The third-order valence-electron chi connectivity index (χ3n) is 2.77. The van der Waals surface area contributed by atoms with E-state index in [1.807, 2.05) is 6.92 Å². The van der Waals surface area contributed by atoms with E-state index in [9.17, 15) is 18.3 Å². The minimum atomic E-state index is -3.49. The van der Waals surface area contributed by atoms with Gasteiger partial charge in [-0.3, -0.25) is 4.31 Å². The van der Waals surface area contributed by atoms with Crippen LogP contribution >= 0.6 is 0 Å². The molecule has 1 rings (SSSR count). The molecule has 0 atom stereocenters. The summed E-state index contributed by atoms with van der Waals surface area (Å²) in [5, 5.41) is 9.21. The van der Waals surface area contributed by atoms with Crippen LogP contribution in [0.3, 0.4) is 0 Å². The molecule has 0 saturated heterocycles. The van der Waals surface area contributed by atoms with Gasteiger partial charge in [0.25, 0.3) is 0 Å². The maximum absolute atomic E-state index is 11.8. The Bertz CT molecular complexity index is 566. The number of carboxylic acids is 1. The minimum absolute atomic E-state index is 0.0153. The fraction of sp³-hybridized carbons (Fsp3) is 0.462. The van der Waals surface area contributed by atoms with Gasteiger partial charge in [-0.25, -0.2) is 13.2 Å². The van der Waals surface area contributed by atoms with E-state index in [-0.39, 0.29) is 11.3 Å². The molecule has 1 aromatic carbocycles. The van der Waals surface area contributed by atoms with Gasteiger partial charge in [-0.15, -0.1) is 0 Å². The first kappa shape index (κ1) is 15.5.